The van der Waals surface area contributed by atoms with Gasteiger partial charge in [0.15, 0.2) is 15.6 Å². The molecule has 74 valence electrons. The normalized spacial score (nSPS) is 32.9. The molecule has 0 saturated carbocycles. The molecule has 0 aromatic carbocycles. The summed E-state index contributed by atoms with van der Waals surface area (Å²) in [5, 5.41) is -1.00. The van der Waals surface area contributed by atoms with Gasteiger partial charge in [-0.2, -0.15) is 0 Å². The number of sulfone groups is 1. The molecule has 4 nitrogen and oxygen atoms in total. The highest BCUT2D eigenvalue weighted by Gasteiger charge is 2.40. The van der Waals surface area contributed by atoms with E-state index >= 15 is 0 Å². The number of ketones is 2. The third-order valence-corrected chi connectivity index (χ3v) is 4.58. The van der Waals surface area contributed by atoms with Gasteiger partial charge in [-0.25, -0.2) is 8.42 Å². The second-order valence-electron chi connectivity index (χ2n) is 3.36. The molecule has 0 N–H and O–H groups in total. The SMILES string of the molecule is CC(=O)C1CCS(=O)(=O)C(C)C1=O. The molecule has 5 heteroatoms. The van der Waals surface area contributed by atoms with E-state index in [0.717, 1.165) is 0 Å². The fourth-order valence-corrected chi connectivity index (χ4v) is 2.90. The van der Waals surface area contributed by atoms with E-state index in [0.29, 0.717) is 0 Å². The summed E-state index contributed by atoms with van der Waals surface area (Å²) in [6.07, 6.45) is 0.154. The van der Waals surface area contributed by atoms with Crippen molar-refractivity contribution >= 4 is 21.4 Å². The third-order valence-electron chi connectivity index (χ3n) is 2.46. The van der Waals surface area contributed by atoms with Crippen LogP contribution in [0.25, 0.3) is 0 Å². The van der Waals surface area contributed by atoms with E-state index in [1.54, 1.807) is 0 Å². The Hall–Kier alpha value is -0.710. The lowest BCUT2D eigenvalue weighted by Gasteiger charge is -2.23. The molecule has 0 aromatic rings. The number of hydrogen-bond donors (Lipinski definition) is 0. The summed E-state index contributed by atoms with van der Waals surface area (Å²) < 4.78 is 22.5. The fourth-order valence-electron chi connectivity index (χ4n) is 1.47. The van der Waals surface area contributed by atoms with Gasteiger partial charge in [0, 0.05) is 0 Å². The number of hydrogen-bond acceptors (Lipinski definition) is 4. The largest absolute Gasteiger partial charge is 0.299 e. The van der Waals surface area contributed by atoms with Gasteiger partial charge < -0.3 is 0 Å². The van der Waals surface area contributed by atoms with Gasteiger partial charge in [-0.15, -0.1) is 0 Å². The molecule has 1 aliphatic rings. The van der Waals surface area contributed by atoms with Crippen LogP contribution in [0, 0.1) is 5.92 Å². The van der Waals surface area contributed by atoms with E-state index in [-0.39, 0.29) is 18.0 Å². The van der Waals surface area contributed by atoms with Crippen molar-refractivity contribution in [2.75, 3.05) is 5.75 Å². The molecule has 0 aliphatic carbocycles. The topological polar surface area (TPSA) is 68.3 Å². The lowest BCUT2D eigenvalue weighted by Crippen LogP contribution is -2.42. The first-order valence-corrected chi connectivity index (χ1v) is 5.83. The maximum atomic E-state index is 11.4. The quantitative estimate of drug-likeness (QED) is 0.562. The molecule has 1 heterocycles. The van der Waals surface area contributed by atoms with Crippen molar-refractivity contribution < 1.29 is 18.0 Å². The molecular weight excluding hydrogens is 192 g/mol. The maximum absolute atomic E-state index is 11.4. The second kappa shape index (κ2) is 3.21. The first-order chi connectivity index (χ1) is 5.86. The van der Waals surface area contributed by atoms with E-state index in [1.165, 1.54) is 13.8 Å². The molecule has 0 aromatic heterocycles. The van der Waals surface area contributed by atoms with Crippen molar-refractivity contribution in [3.63, 3.8) is 0 Å². The molecular formula is C8H12O4S. The minimum Gasteiger partial charge on any atom is -0.299 e. The highest BCUT2D eigenvalue weighted by molar-refractivity contribution is 7.92. The first kappa shape index (κ1) is 10.4. The summed E-state index contributed by atoms with van der Waals surface area (Å²) in [5.74, 6) is -1.42. The summed E-state index contributed by atoms with van der Waals surface area (Å²) in [6.45, 7) is 2.68. The summed E-state index contributed by atoms with van der Waals surface area (Å²) in [5.41, 5.74) is 0. The second-order valence-corrected chi connectivity index (χ2v) is 5.80. The lowest BCUT2D eigenvalue weighted by molar-refractivity contribution is -0.131. The zero-order valence-corrected chi connectivity index (χ0v) is 8.43. The zero-order valence-electron chi connectivity index (χ0n) is 7.61. The van der Waals surface area contributed by atoms with Crippen LogP contribution < -0.4 is 0 Å². The van der Waals surface area contributed by atoms with E-state index < -0.39 is 26.8 Å². The Labute approximate surface area is 77.2 Å². The highest BCUT2D eigenvalue weighted by Crippen LogP contribution is 2.22. The van der Waals surface area contributed by atoms with Crippen LogP contribution in [0.5, 0.6) is 0 Å². The number of rotatable bonds is 1. The number of Topliss-reactive ketones (excluding diaryl/α,β-unsaturated/α-hetero) is 2. The number of carbonyl (C=O) groups excluding carboxylic acids is 2. The average molecular weight is 204 g/mol. The van der Waals surface area contributed by atoms with Crippen molar-refractivity contribution in [1.29, 1.82) is 0 Å². The predicted octanol–water partition coefficient (Wildman–Crippen LogP) is -0.0323. The Morgan fingerprint density at radius 1 is 1.46 bits per heavy atom. The van der Waals surface area contributed by atoms with Gasteiger partial charge in [0.05, 0.1) is 11.7 Å². The van der Waals surface area contributed by atoms with Crippen molar-refractivity contribution in [1.82, 2.24) is 0 Å². The van der Waals surface area contributed by atoms with Gasteiger partial charge >= 0.3 is 0 Å². The minimum atomic E-state index is -3.28. The Kier molecular flexibility index (Phi) is 2.56. The Morgan fingerprint density at radius 3 is 2.46 bits per heavy atom. The van der Waals surface area contributed by atoms with Crippen LogP contribution in [-0.2, 0) is 19.4 Å². The van der Waals surface area contributed by atoms with Crippen LogP contribution in [0.3, 0.4) is 0 Å². The van der Waals surface area contributed by atoms with E-state index in [9.17, 15) is 18.0 Å². The smallest absolute Gasteiger partial charge is 0.161 e. The summed E-state index contributed by atoms with van der Waals surface area (Å²) in [6, 6.07) is 0. The molecule has 1 rings (SSSR count). The molecule has 0 amide bonds. The predicted molar refractivity (Wildman–Crippen MR) is 47.0 cm³/mol. The molecule has 1 saturated heterocycles. The molecule has 13 heavy (non-hydrogen) atoms. The van der Waals surface area contributed by atoms with Gasteiger partial charge in [-0.3, -0.25) is 9.59 Å². The third kappa shape index (κ3) is 1.80. The van der Waals surface area contributed by atoms with Gasteiger partial charge in [-0.05, 0) is 20.3 Å². The summed E-state index contributed by atoms with van der Waals surface area (Å²) in [7, 11) is -3.28. The van der Waals surface area contributed by atoms with Gasteiger partial charge in [-0.1, -0.05) is 0 Å². The van der Waals surface area contributed by atoms with Crippen LogP contribution in [0.15, 0.2) is 0 Å². The van der Waals surface area contributed by atoms with E-state index in [1.807, 2.05) is 0 Å². The molecule has 1 fully saturated rings. The fraction of sp³-hybridized carbons (Fsp3) is 0.750. The maximum Gasteiger partial charge on any atom is 0.161 e. The van der Waals surface area contributed by atoms with E-state index in [2.05, 4.69) is 0 Å². The molecule has 0 radical (unpaired) electrons. The van der Waals surface area contributed by atoms with Crippen LogP contribution in [0.1, 0.15) is 20.3 Å². The monoisotopic (exact) mass is 204 g/mol. The van der Waals surface area contributed by atoms with Gasteiger partial charge in [0.1, 0.15) is 11.0 Å². The number of carbonyl (C=O) groups is 2. The molecule has 2 atom stereocenters. The molecule has 1 aliphatic heterocycles. The van der Waals surface area contributed by atoms with E-state index in [4.69, 9.17) is 0 Å². The van der Waals surface area contributed by atoms with Crippen LogP contribution in [-0.4, -0.2) is 31.0 Å². The zero-order chi connectivity index (χ0) is 10.2. The van der Waals surface area contributed by atoms with Crippen LogP contribution in [0.2, 0.25) is 0 Å². The minimum absolute atomic E-state index is 0.0514. The summed E-state index contributed by atoms with van der Waals surface area (Å²) in [4.78, 5) is 22.3. The Balaban J connectivity index is 2.96. The summed E-state index contributed by atoms with van der Waals surface area (Å²) >= 11 is 0. The molecule has 2 unspecified atom stereocenters. The van der Waals surface area contributed by atoms with Crippen molar-refractivity contribution in [3.05, 3.63) is 0 Å². The molecule has 0 bridgehead atoms. The Morgan fingerprint density at radius 2 is 2.00 bits per heavy atom. The lowest BCUT2D eigenvalue weighted by atomic mass is 9.95. The molecule has 0 spiro atoms. The van der Waals surface area contributed by atoms with Crippen molar-refractivity contribution in [2.24, 2.45) is 5.92 Å². The Bertz CT molecular complexity index is 341. The standard InChI is InChI=1S/C8H12O4S/c1-5(9)7-3-4-13(11,12)6(2)8(7)10/h6-7H,3-4H2,1-2H3. The first-order valence-electron chi connectivity index (χ1n) is 4.12. The van der Waals surface area contributed by atoms with Gasteiger partial charge in [0.2, 0.25) is 0 Å². The average Bonchev–Trinajstić information content (AvgIpc) is 2.00. The van der Waals surface area contributed by atoms with Gasteiger partial charge in [0.25, 0.3) is 0 Å². The van der Waals surface area contributed by atoms with Crippen molar-refractivity contribution in [2.45, 2.75) is 25.5 Å². The highest BCUT2D eigenvalue weighted by atomic mass is 32.2. The van der Waals surface area contributed by atoms with Crippen LogP contribution in [0.4, 0.5) is 0 Å². The van der Waals surface area contributed by atoms with Crippen molar-refractivity contribution in [3.8, 4) is 0 Å². The van der Waals surface area contributed by atoms with Crippen LogP contribution >= 0.6 is 0 Å².